The summed E-state index contributed by atoms with van der Waals surface area (Å²) in [7, 11) is 0. The molecule has 3 rings (SSSR count). The zero-order chi connectivity index (χ0) is 17.4. The van der Waals surface area contributed by atoms with Crippen molar-refractivity contribution in [1.29, 1.82) is 0 Å². The van der Waals surface area contributed by atoms with Crippen molar-refractivity contribution in [3.63, 3.8) is 0 Å². The monoisotopic (exact) mass is 347 g/mol. The van der Waals surface area contributed by atoms with Gasteiger partial charge in [-0.3, -0.25) is 14.2 Å². The Morgan fingerprint density at radius 2 is 2.00 bits per heavy atom. The number of fused-ring (bicyclic) bond motifs is 2. The van der Waals surface area contributed by atoms with Crippen LogP contribution in [0.2, 0.25) is 0 Å². The molecule has 1 unspecified atom stereocenters. The minimum Gasteiger partial charge on any atom is -0.349 e. The SMILES string of the molecule is Cc1c(C(=O)NC(C)C(C)C)sc2nc3n(c(=O)c12)CCCCC3. The van der Waals surface area contributed by atoms with Gasteiger partial charge in [-0.1, -0.05) is 20.3 Å². The van der Waals surface area contributed by atoms with E-state index in [2.05, 4.69) is 19.2 Å². The van der Waals surface area contributed by atoms with E-state index in [0.29, 0.717) is 21.0 Å². The van der Waals surface area contributed by atoms with Crippen molar-refractivity contribution in [1.82, 2.24) is 14.9 Å². The van der Waals surface area contributed by atoms with Crippen LogP contribution in [0.15, 0.2) is 4.79 Å². The highest BCUT2D eigenvalue weighted by atomic mass is 32.1. The highest BCUT2D eigenvalue weighted by Gasteiger charge is 2.23. The zero-order valence-corrected chi connectivity index (χ0v) is 15.6. The lowest BCUT2D eigenvalue weighted by Crippen LogP contribution is -2.36. The van der Waals surface area contributed by atoms with Crippen LogP contribution in [-0.2, 0) is 13.0 Å². The van der Waals surface area contributed by atoms with Gasteiger partial charge in [0.2, 0.25) is 0 Å². The van der Waals surface area contributed by atoms with Crippen molar-refractivity contribution in [2.45, 2.75) is 66.0 Å². The van der Waals surface area contributed by atoms with Gasteiger partial charge >= 0.3 is 0 Å². The maximum absolute atomic E-state index is 12.9. The van der Waals surface area contributed by atoms with Crippen LogP contribution in [-0.4, -0.2) is 21.5 Å². The molecular formula is C18H25N3O2S. The lowest BCUT2D eigenvalue weighted by Gasteiger charge is -2.16. The maximum Gasteiger partial charge on any atom is 0.262 e. The summed E-state index contributed by atoms with van der Waals surface area (Å²) < 4.78 is 1.81. The van der Waals surface area contributed by atoms with Gasteiger partial charge in [-0.05, 0) is 38.2 Å². The normalized spacial score (nSPS) is 16.0. The fourth-order valence-corrected chi connectivity index (χ4v) is 4.16. The summed E-state index contributed by atoms with van der Waals surface area (Å²) in [5.74, 6) is 1.13. The first-order chi connectivity index (χ1) is 11.4. The summed E-state index contributed by atoms with van der Waals surface area (Å²) in [6, 6.07) is 0.0906. The molecule has 3 heterocycles. The fourth-order valence-electron chi connectivity index (χ4n) is 3.07. The van der Waals surface area contributed by atoms with Crippen LogP contribution in [0.4, 0.5) is 0 Å². The molecule has 0 fully saturated rings. The Morgan fingerprint density at radius 1 is 1.25 bits per heavy atom. The second-order valence-corrected chi connectivity index (χ2v) is 8.04. The first-order valence-electron chi connectivity index (χ1n) is 8.73. The Bertz CT molecular complexity index is 835. The Balaban J connectivity index is 2.06. The maximum atomic E-state index is 12.9. The second kappa shape index (κ2) is 6.67. The summed E-state index contributed by atoms with van der Waals surface area (Å²) in [4.78, 5) is 31.5. The van der Waals surface area contributed by atoms with Gasteiger partial charge in [-0.25, -0.2) is 4.98 Å². The largest absolute Gasteiger partial charge is 0.349 e. The van der Waals surface area contributed by atoms with Crippen molar-refractivity contribution in [2.75, 3.05) is 0 Å². The smallest absolute Gasteiger partial charge is 0.262 e. The van der Waals surface area contributed by atoms with E-state index >= 15 is 0 Å². The Hall–Kier alpha value is -1.69. The van der Waals surface area contributed by atoms with E-state index in [1.165, 1.54) is 11.3 Å². The third-order valence-electron chi connectivity index (χ3n) is 4.98. The summed E-state index contributed by atoms with van der Waals surface area (Å²) >= 11 is 1.34. The van der Waals surface area contributed by atoms with Gasteiger partial charge in [-0.15, -0.1) is 11.3 Å². The summed E-state index contributed by atoms with van der Waals surface area (Å²) in [5.41, 5.74) is 0.780. The molecule has 24 heavy (non-hydrogen) atoms. The number of carbonyl (C=O) groups is 1. The van der Waals surface area contributed by atoms with Crippen molar-refractivity contribution in [3.8, 4) is 0 Å². The molecule has 0 aromatic carbocycles. The van der Waals surface area contributed by atoms with Crippen LogP contribution in [0.3, 0.4) is 0 Å². The van der Waals surface area contributed by atoms with Crippen molar-refractivity contribution in [3.05, 3.63) is 26.6 Å². The molecule has 0 radical (unpaired) electrons. The predicted molar refractivity (Wildman–Crippen MR) is 97.9 cm³/mol. The van der Waals surface area contributed by atoms with Crippen LogP contribution < -0.4 is 10.9 Å². The number of aromatic nitrogens is 2. The molecule has 1 N–H and O–H groups in total. The third kappa shape index (κ3) is 2.99. The van der Waals surface area contributed by atoms with Crippen molar-refractivity contribution >= 4 is 27.5 Å². The molecule has 1 aliphatic rings. The second-order valence-electron chi connectivity index (χ2n) is 7.04. The molecule has 5 nitrogen and oxygen atoms in total. The number of aryl methyl sites for hydroxylation is 2. The molecule has 1 aliphatic heterocycles. The molecule has 0 saturated carbocycles. The quantitative estimate of drug-likeness (QED) is 0.927. The van der Waals surface area contributed by atoms with E-state index in [1.54, 1.807) is 0 Å². The van der Waals surface area contributed by atoms with E-state index in [4.69, 9.17) is 4.98 Å². The highest BCUT2D eigenvalue weighted by Crippen LogP contribution is 2.28. The number of thiophene rings is 1. The molecule has 1 atom stereocenters. The molecule has 130 valence electrons. The van der Waals surface area contributed by atoms with Gasteiger partial charge in [0.1, 0.15) is 10.7 Å². The van der Waals surface area contributed by atoms with Crippen molar-refractivity contribution < 1.29 is 4.79 Å². The van der Waals surface area contributed by atoms with E-state index < -0.39 is 0 Å². The van der Waals surface area contributed by atoms with Gasteiger partial charge in [0.15, 0.2) is 0 Å². The van der Waals surface area contributed by atoms with Gasteiger partial charge in [0.25, 0.3) is 11.5 Å². The number of hydrogen-bond acceptors (Lipinski definition) is 4. The van der Waals surface area contributed by atoms with Crippen molar-refractivity contribution in [2.24, 2.45) is 5.92 Å². The lowest BCUT2D eigenvalue weighted by molar-refractivity contribution is 0.0934. The van der Waals surface area contributed by atoms with Gasteiger partial charge in [0.05, 0.1) is 10.3 Å². The molecule has 0 saturated heterocycles. The molecule has 2 aromatic heterocycles. The molecule has 0 spiro atoms. The number of amides is 1. The molecular weight excluding hydrogens is 322 g/mol. The summed E-state index contributed by atoms with van der Waals surface area (Å²) in [6.45, 7) is 8.75. The first kappa shape index (κ1) is 17.1. The van der Waals surface area contributed by atoms with Gasteiger partial charge in [-0.2, -0.15) is 0 Å². The van der Waals surface area contributed by atoms with E-state index in [1.807, 2.05) is 18.4 Å². The van der Waals surface area contributed by atoms with E-state index in [-0.39, 0.29) is 17.5 Å². The average molecular weight is 347 g/mol. The topological polar surface area (TPSA) is 64.0 Å². The minimum absolute atomic E-state index is 0.0154. The van der Waals surface area contributed by atoms with Crippen LogP contribution in [0.5, 0.6) is 0 Å². The Morgan fingerprint density at radius 3 is 2.71 bits per heavy atom. The number of nitrogens with zero attached hydrogens (tertiary/aromatic N) is 2. The predicted octanol–water partition coefficient (Wildman–Crippen LogP) is 3.27. The first-order valence-corrected chi connectivity index (χ1v) is 9.55. The van der Waals surface area contributed by atoms with Crippen LogP contribution in [0.25, 0.3) is 10.2 Å². The molecule has 6 heteroatoms. The number of rotatable bonds is 3. The standard InChI is InChI=1S/C18H25N3O2S/c1-10(2)12(4)19-16(22)15-11(3)14-17(24-15)20-13-8-6-5-7-9-21(13)18(14)23/h10,12H,5-9H2,1-4H3,(H,19,22). The zero-order valence-electron chi connectivity index (χ0n) is 14.8. The highest BCUT2D eigenvalue weighted by molar-refractivity contribution is 7.20. The third-order valence-corrected chi connectivity index (χ3v) is 6.16. The minimum atomic E-state index is -0.101. The molecule has 2 aromatic rings. The number of nitrogens with one attached hydrogen (secondary N) is 1. The van der Waals surface area contributed by atoms with E-state index in [0.717, 1.165) is 43.6 Å². The van der Waals surface area contributed by atoms with Crippen LogP contribution in [0.1, 0.15) is 61.1 Å². The summed E-state index contributed by atoms with van der Waals surface area (Å²) in [5, 5.41) is 3.65. The van der Waals surface area contributed by atoms with Crippen LogP contribution >= 0.6 is 11.3 Å². The molecule has 0 bridgehead atoms. The Kier molecular flexibility index (Phi) is 4.76. The lowest BCUT2D eigenvalue weighted by atomic mass is 10.1. The Labute approximate surface area is 146 Å². The molecule has 0 aliphatic carbocycles. The fraction of sp³-hybridized carbons (Fsp3) is 0.611. The number of carbonyl (C=O) groups excluding carboxylic acids is 1. The number of hydrogen-bond donors (Lipinski definition) is 1. The van der Waals surface area contributed by atoms with Gasteiger partial charge < -0.3 is 5.32 Å². The van der Waals surface area contributed by atoms with E-state index in [9.17, 15) is 9.59 Å². The molecule has 1 amide bonds. The van der Waals surface area contributed by atoms with Gasteiger partial charge in [0, 0.05) is 19.0 Å². The van der Waals surface area contributed by atoms with Crippen LogP contribution in [0, 0.1) is 12.8 Å². The average Bonchev–Trinajstić information content (AvgIpc) is 2.71. The summed E-state index contributed by atoms with van der Waals surface area (Å²) in [6.07, 6.45) is 4.06.